The normalized spacial score (nSPS) is 12.8. The van der Waals surface area contributed by atoms with E-state index in [1.165, 1.54) is 6.08 Å². The third kappa shape index (κ3) is 7.84. The number of hydrogen-bond donors (Lipinski definition) is 1. The van der Waals surface area contributed by atoms with Crippen LogP contribution in [-0.2, 0) is 0 Å². The van der Waals surface area contributed by atoms with Crippen molar-refractivity contribution in [3.63, 3.8) is 0 Å². The van der Waals surface area contributed by atoms with Gasteiger partial charge >= 0.3 is 5.51 Å². The predicted molar refractivity (Wildman–Crippen MR) is 34.5 cm³/mol. The van der Waals surface area contributed by atoms with Gasteiger partial charge in [0.05, 0.1) is 0 Å². The SMILES string of the molecule is OCC/C=C/SC(F)(F)F. The highest BCUT2D eigenvalue weighted by molar-refractivity contribution is 8.02. The van der Waals surface area contributed by atoms with Gasteiger partial charge in [0.1, 0.15) is 0 Å². The average Bonchev–Trinajstić information content (AvgIpc) is 1.78. The summed E-state index contributed by atoms with van der Waals surface area (Å²) in [6.07, 6.45) is 1.54. The molecule has 0 rings (SSSR count). The van der Waals surface area contributed by atoms with Crippen molar-refractivity contribution >= 4 is 11.8 Å². The van der Waals surface area contributed by atoms with Crippen LogP contribution in [-0.4, -0.2) is 17.2 Å². The molecule has 0 atom stereocenters. The van der Waals surface area contributed by atoms with Crippen molar-refractivity contribution in [2.45, 2.75) is 11.9 Å². The first kappa shape index (κ1) is 9.84. The van der Waals surface area contributed by atoms with Crippen molar-refractivity contribution in [3.05, 3.63) is 11.5 Å². The molecule has 0 radical (unpaired) electrons. The lowest BCUT2D eigenvalue weighted by Crippen LogP contribution is -1.96. The topological polar surface area (TPSA) is 20.2 Å². The van der Waals surface area contributed by atoms with Gasteiger partial charge in [0.15, 0.2) is 0 Å². The molecule has 60 valence electrons. The van der Waals surface area contributed by atoms with E-state index in [4.69, 9.17) is 5.11 Å². The van der Waals surface area contributed by atoms with E-state index in [0.717, 1.165) is 5.41 Å². The Balaban J connectivity index is 3.34. The number of aliphatic hydroxyl groups excluding tert-OH is 1. The van der Waals surface area contributed by atoms with Crippen molar-refractivity contribution < 1.29 is 18.3 Å². The fourth-order valence-electron chi connectivity index (χ4n) is 0.268. The van der Waals surface area contributed by atoms with Crippen LogP contribution in [0.2, 0.25) is 0 Å². The maximum absolute atomic E-state index is 11.3. The molecule has 0 bridgehead atoms. The second-order valence-electron chi connectivity index (χ2n) is 1.45. The van der Waals surface area contributed by atoms with E-state index < -0.39 is 5.51 Å². The van der Waals surface area contributed by atoms with Gasteiger partial charge in [-0.1, -0.05) is 6.08 Å². The van der Waals surface area contributed by atoms with E-state index in [-0.39, 0.29) is 24.8 Å². The summed E-state index contributed by atoms with van der Waals surface area (Å²) in [5.41, 5.74) is -4.20. The zero-order valence-corrected chi connectivity index (χ0v) is 5.87. The van der Waals surface area contributed by atoms with Gasteiger partial charge in [0.25, 0.3) is 0 Å². The number of hydrogen-bond acceptors (Lipinski definition) is 2. The van der Waals surface area contributed by atoms with E-state index in [2.05, 4.69) is 0 Å². The standard InChI is InChI=1S/C5H7F3OS/c6-5(7,8)10-4-2-1-3-9/h2,4,9H,1,3H2/b4-2+. The summed E-state index contributed by atoms with van der Waals surface area (Å²) < 4.78 is 34.0. The second kappa shape index (κ2) is 4.62. The Hall–Kier alpha value is -0.160. The fourth-order valence-corrected chi connectivity index (χ4v) is 0.654. The van der Waals surface area contributed by atoms with Gasteiger partial charge in [0, 0.05) is 6.61 Å². The van der Waals surface area contributed by atoms with Crippen LogP contribution in [0.15, 0.2) is 11.5 Å². The van der Waals surface area contributed by atoms with Crippen LogP contribution >= 0.6 is 11.8 Å². The molecule has 0 aromatic carbocycles. The lowest BCUT2D eigenvalue weighted by molar-refractivity contribution is -0.0320. The fraction of sp³-hybridized carbons (Fsp3) is 0.600. The van der Waals surface area contributed by atoms with Crippen LogP contribution in [0.4, 0.5) is 13.2 Å². The largest absolute Gasteiger partial charge is 0.445 e. The Morgan fingerprint density at radius 2 is 2.00 bits per heavy atom. The Bertz CT molecular complexity index is 110. The zero-order chi connectivity index (χ0) is 8.04. The average molecular weight is 172 g/mol. The quantitative estimate of drug-likeness (QED) is 0.703. The second-order valence-corrected chi connectivity index (χ2v) is 2.42. The molecule has 1 N–H and O–H groups in total. The summed E-state index contributed by atoms with van der Waals surface area (Å²) in [6, 6.07) is 0. The molecule has 0 aliphatic carbocycles. The Morgan fingerprint density at radius 1 is 1.40 bits per heavy atom. The molecule has 5 heteroatoms. The first-order valence-corrected chi connectivity index (χ1v) is 3.44. The lowest BCUT2D eigenvalue weighted by Gasteiger charge is -1.98. The summed E-state index contributed by atoms with van der Waals surface area (Å²) in [4.78, 5) is 0. The van der Waals surface area contributed by atoms with Gasteiger partial charge in [-0.2, -0.15) is 13.2 Å². The molecule has 0 aliphatic heterocycles. The first-order valence-electron chi connectivity index (χ1n) is 2.56. The lowest BCUT2D eigenvalue weighted by atomic mass is 10.5. The minimum Gasteiger partial charge on any atom is -0.396 e. The molecule has 1 nitrogen and oxygen atoms in total. The Labute approximate surface area is 60.9 Å². The Kier molecular flexibility index (Phi) is 4.55. The van der Waals surface area contributed by atoms with Crippen LogP contribution in [0.5, 0.6) is 0 Å². The summed E-state index contributed by atoms with van der Waals surface area (Å²) >= 11 is -0.218. The van der Waals surface area contributed by atoms with Crippen molar-refractivity contribution in [1.82, 2.24) is 0 Å². The van der Waals surface area contributed by atoms with E-state index in [1.54, 1.807) is 0 Å². The predicted octanol–water partition coefficient (Wildman–Crippen LogP) is 2.14. The molecule has 0 fully saturated rings. The van der Waals surface area contributed by atoms with Crippen LogP contribution in [0.25, 0.3) is 0 Å². The molecule has 0 saturated carbocycles. The van der Waals surface area contributed by atoms with Crippen LogP contribution in [0.1, 0.15) is 6.42 Å². The highest BCUT2D eigenvalue weighted by Crippen LogP contribution is 2.30. The molecule has 0 saturated heterocycles. The third-order valence-corrected chi connectivity index (χ3v) is 1.19. The monoisotopic (exact) mass is 172 g/mol. The van der Waals surface area contributed by atoms with Crippen molar-refractivity contribution in [3.8, 4) is 0 Å². The van der Waals surface area contributed by atoms with Gasteiger partial charge in [-0.25, -0.2) is 0 Å². The maximum Gasteiger partial charge on any atom is 0.445 e. The third-order valence-electron chi connectivity index (χ3n) is 0.594. The Morgan fingerprint density at radius 3 is 2.40 bits per heavy atom. The van der Waals surface area contributed by atoms with Crippen molar-refractivity contribution in [1.29, 1.82) is 0 Å². The van der Waals surface area contributed by atoms with Gasteiger partial charge in [0.2, 0.25) is 0 Å². The number of aliphatic hydroxyl groups is 1. The van der Waals surface area contributed by atoms with Crippen LogP contribution in [0.3, 0.4) is 0 Å². The smallest absolute Gasteiger partial charge is 0.396 e. The van der Waals surface area contributed by atoms with E-state index >= 15 is 0 Å². The minimum atomic E-state index is -4.20. The summed E-state index contributed by atoms with van der Waals surface area (Å²) in [5, 5.41) is 9.08. The molecule has 0 heterocycles. The summed E-state index contributed by atoms with van der Waals surface area (Å²) in [5.74, 6) is 0. The number of rotatable bonds is 3. The number of halogens is 3. The molecule has 0 amide bonds. The highest BCUT2D eigenvalue weighted by Gasteiger charge is 2.26. The first-order chi connectivity index (χ1) is 4.56. The van der Waals surface area contributed by atoms with Crippen molar-refractivity contribution in [2.75, 3.05) is 6.61 Å². The van der Waals surface area contributed by atoms with E-state index in [1.807, 2.05) is 0 Å². The van der Waals surface area contributed by atoms with E-state index in [0.29, 0.717) is 0 Å². The van der Waals surface area contributed by atoms with Gasteiger partial charge in [-0.05, 0) is 23.6 Å². The molecule has 0 aromatic heterocycles. The molecular formula is C5H7F3OS. The van der Waals surface area contributed by atoms with Crippen LogP contribution < -0.4 is 0 Å². The van der Waals surface area contributed by atoms with E-state index in [9.17, 15) is 13.2 Å². The van der Waals surface area contributed by atoms with Crippen LogP contribution in [0, 0.1) is 0 Å². The highest BCUT2D eigenvalue weighted by atomic mass is 32.2. The summed E-state index contributed by atoms with van der Waals surface area (Å²) in [6.45, 7) is -0.116. The molecular weight excluding hydrogens is 165 g/mol. The van der Waals surface area contributed by atoms with Gasteiger partial charge in [-0.15, -0.1) is 0 Å². The van der Waals surface area contributed by atoms with Gasteiger partial charge in [-0.3, -0.25) is 0 Å². The number of thioether (sulfide) groups is 1. The molecule has 0 unspecified atom stereocenters. The molecule has 0 aliphatic rings. The van der Waals surface area contributed by atoms with Crippen molar-refractivity contribution in [2.24, 2.45) is 0 Å². The zero-order valence-electron chi connectivity index (χ0n) is 5.06. The maximum atomic E-state index is 11.3. The molecule has 10 heavy (non-hydrogen) atoms. The minimum absolute atomic E-state index is 0.116. The summed E-state index contributed by atoms with van der Waals surface area (Å²) in [7, 11) is 0. The molecule has 0 aromatic rings. The van der Waals surface area contributed by atoms with Gasteiger partial charge < -0.3 is 5.11 Å². The number of alkyl halides is 3. The molecule has 0 spiro atoms.